The van der Waals surface area contributed by atoms with Crippen LogP contribution in [0.5, 0.6) is 11.5 Å². The number of benzene rings is 1. The first-order valence-corrected chi connectivity index (χ1v) is 10.9. The summed E-state index contributed by atoms with van der Waals surface area (Å²) in [4.78, 5) is 1.90. The average Bonchev–Trinajstić information content (AvgIpc) is 2.71. The van der Waals surface area contributed by atoms with Crippen LogP contribution in [0.4, 0.5) is 5.69 Å². The van der Waals surface area contributed by atoms with E-state index < -0.39 is 9.84 Å². The van der Waals surface area contributed by atoms with E-state index in [9.17, 15) is 8.42 Å². The number of anilines is 1. The summed E-state index contributed by atoms with van der Waals surface area (Å²) in [5.41, 5.74) is 6.11. The van der Waals surface area contributed by atoms with E-state index in [4.69, 9.17) is 34.9 Å². The molecule has 0 saturated heterocycles. The van der Waals surface area contributed by atoms with Crippen molar-refractivity contribution in [1.29, 1.82) is 0 Å². The molecule has 0 spiro atoms. The molecular formula is C18H32N2O8S. The summed E-state index contributed by atoms with van der Waals surface area (Å²) in [6.45, 7) is 2.16. The number of nitrogen functional groups attached to an aromatic ring is 1. The van der Waals surface area contributed by atoms with Gasteiger partial charge in [0, 0.05) is 31.8 Å². The van der Waals surface area contributed by atoms with Gasteiger partial charge in [-0.05, 0) is 0 Å². The molecule has 0 bridgehead atoms. The number of aliphatic hydroxyl groups is 2. The summed E-state index contributed by atoms with van der Waals surface area (Å²) in [7, 11) is -0.892. The quantitative estimate of drug-likeness (QED) is 0.227. The molecule has 0 aliphatic rings. The van der Waals surface area contributed by atoms with Crippen LogP contribution in [0.3, 0.4) is 0 Å². The summed E-state index contributed by atoms with van der Waals surface area (Å²) in [5, 5.41) is 17.6. The Hall–Kier alpha value is -1.63. The van der Waals surface area contributed by atoms with Crippen molar-refractivity contribution in [3.63, 3.8) is 0 Å². The van der Waals surface area contributed by atoms with Gasteiger partial charge in [-0.15, -0.1) is 0 Å². The molecule has 4 N–H and O–H groups in total. The number of rotatable bonds is 16. The highest BCUT2D eigenvalue weighted by Gasteiger charge is 2.23. The molecule has 0 aliphatic heterocycles. The van der Waals surface area contributed by atoms with Gasteiger partial charge in [0.15, 0.2) is 9.84 Å². The topological polar surface area (TPSA) is 141 Å². The van der Waals surface area contributed by atoms with Gasteiger partial charge >= 0.3 is 0 Å². The zero-order chi connectivity index (χ0) is 21.7. The Morgan fingerprint density at radius 1 is 0.897 bits per heavy atom. The van der Waals surface area contributed by atoms with Crippen LogP contribution in [0.2, 0.25) is 0 Å². The Labute approximate surface area is 172 Å². The first-order valence-electron chi connectivity index (χ1n) is 9.23. The second-order valence-electron chi connectivity index (χ2n) is 6.08. The molecule has 1 rings (SSSR count). The minimum atomic E-state index is -3.68. The van der Waals surface area contributed by atoms with E-state index in [1.165, 1.54) is 26.4 Å². The summed E-state index contributed by atoms with van der Waals surface area (Å²) in [6, 6.07) is 2.79. The minimum Gasteiger partial charge on any atom is -0.495 e. The first-order chi connectivity index (χ1) is 13.9. The van der Waals surface area contributed by atoms with Gasteiger partial charge in [-0.2, -0.15) is 0 Å². The normalized spacial score (nSPS) is 11.8. The predicted octanol–water partition coefficient (Wildman–Crippen LogP) is -0.620. The predicted molar refractivity (Wildman–Crippen MR) is 108 cm³/mol. The van der Waals surface area contributed by atoms with Crippen LogP contribution in [0.1, 0.15) is 0 Å². The third-order valence-corrected chi connectivity index (χ3v) is 5.81. The molecule has 1 aromatic carbocycles. The molecule has 0 fully saturated rings. The first kappa shape index (κ1) is 25.4. The summed E-state index contributed by atoms with van der Waals surface area (Å²) >= 11 is 0. The zero-order valence-corrected chi connectivity index (χ0v) is 17.8. The highest BCUT2D eigenvalue weighted by atomic mass is 32.2. The number of ether oxygens (including phenoxy) is 4. The Balaban J connectivity index is 2.83. The number of methoxy groups -OCH3 is 2. The third-order valence-electron chi connectivity index (χ3n) is 4.10. The van der Waals surface area contributed by atoms with E-state index >= 15 is 0 Å². The molecule has 168 valence electrons. The van der Waals surface area contributed by atoms with Crippen LogP contribution >= 0.6 is 0 Å². The van der Waals surface area contributed by atoms with Crippen molar-refractivity contribution >= 4 is 15.5 Å². The summed E-state index contributed by atoms with van der Waals surface area (Å²) in [5.74, 6) is 0.264. The van der Waals surface area contributed by atoms with Crippen molar-refractivity contribution in [2.24, 2.45) is 0 Å². The van der Waals surface area contributed by atoms with E-state index in [-0.39, 0.29) is 60.8 Å². The lowest BCUT2D eigenvalue weighted by molar-refractivity contribution is 0.0524. The lowest BCUT2D eigenvalue weighted by Gasteiger charge is -2.22. The van der Waals surface area contributed by atoms with Gasteiger partial charge in [0.25, 0.3) is 0 Å². The Morgan fingerprint density at radius 2 is 1.45 bits per heavy atom. The molecular weight excluding hydrogens is 404 g/mol. The Bertz CT molecular complexity index is 687. The number of sulfone groups is 1. The van der Waals surface area contributed by atoms with E-state index in [0.717, 1.165) is 0 Å². The molecule has 1 aromatic rings. The van der Waals surface area contributed by atoms with Crippen molar-refractivity contribution in [1.82, 2.24) is 4.90 Å². The van der Waals surface area contributed by atoms with E-state index in [1.807, 2.05) is 4.90 Å². The molecule has 0 atom stereocenters. The Kier molecular flexibility index (Phi) is 11.9. The standard InChI is InChI=1S/C18H32N2O8S/c1-25-16-14-18(17(26-2)13-15(16)19)29(23,24)12-5-20(3-8-27-10-6-21)4-9-28-11-7-22/h13-14,21-22H,3-12,19H2,1-2H3. The molecule has 0 aromatic heterocycles. The Morgan fingerprint density at radius 3 is 1.93 bits per heavy atom. The van der Waals surface area contributed by atoms with Gasteiger partial charge in [0.1, 0.15) is 16.4 Å². The number of hydrogen-bond donors (Lipinski definition) is 3. The van der Waals surface area contributed by atoms with Gasteiger partial charge in [-0.3, -0.25) is 4.90 Å². The molecule has 29 heavy (non-hydrogen) atoms. The fourth-order valence-corrected chi connectivity index (χ4v) is 4.01. The van der Waals surface area contributed by atoms with Crippen molar-refractivity contribution < 1.29 is 37.6 Å². The van der Waals surface area contributed by atoms with Crippen LogP contribution in [0, 0.1) is 0 Å². The molecule has 0 amide bonds. The minimum absolute atomic E-state index is 0.0130. The second-order valence-corrected chi connectivity index (χ2v) is 8.16. The summed E-state index contributed by atoms with van der Waals surface area (Å²) < 4.78 is 46.7. The molecule has 11 heteroatoms. The SMILES string of the molecule is COc1cc(S(=O)(=O)CCN(CCOCCO)CCOCCO)c(OC)cc1N. The third kappa shape index (κ3) is 8.72. The number of hydrogen-bond acceptors (Lipinski definition) is 10. The fourth-order valence-electron chi connectivity index (χ4n) is 2.55. The largest absolute Gasteiger partial charge is 0.495 e. The van der Waals surface area contributed by atoms with Crippen molar-refractivity contribution in [2.75, 3.05) is 85.0 Å². The summed E-state index contributed by atoms with van der Waals surface area (Å²) in [6.07, 6.45) is 0. The van der Waals surface area contributed by atoms with Crippen LogP contribution in [0.15, 0.2) is 17.0 Å². The van der Waals surface area contributed by atoms with Gasteiger partial charge in [0.2, 0.25) is 0 Å². The molecule has 0 radical (unpaired) electrons. The smallest absolute Gasteiger partial charge is 0.183 e. The maximum atomic E-state index is 12.9. The van der Waals surface area contributed by atoms with Gasteiger partial charge in [-0.1, -0.05) is 0 Å². The van der Waals surface area contributed by atoms with Crippen molar-refractivity contribution in [3.05, 3.63) is 12.1 Å². The molecule has 10 nitrogen and oxygen atoms in total. The molecule has 0 aliphatic carbocycles. The van der Waals surface area contributed by atoms with E-state index in [0.29, 0.717) is 26.3 Å². The van der Waals surface area contributed by atoms with E-state index in [2.05, 4.69) is 0 Å². The van der Waals surface area contributed by atoms with Crippen LogP contribution < -0.4 is 15.2 Å². The van der Waals surface area contributed by atoms with Gasteiger partial charge < -0.3 is 34.9 Å². The molecule has 0 saturated carbocycles. The molecule has 0 heterocycles. The van der Waals surface area contributed by atoms with Crippen molar-refractivity contribution in [2.45, 2.75) is 4.90 Å². The fraction of sp³-hybridized carbons (Fsp3) is 0.667. The van der Waals surface area contributed by atoms with Gasteiger partial charge in [0.05, 0.1) is 65.3 Å². The highest BCUT2D eigenvalue weighted by Crippen LogP contribution is 2.34. The van der Waals surface area contributed by atoms with Crippen molar-refractivity contribution in [3.8, 4) is 11.5 Å². The van der Waals surface area contributed by atoms with Crippen LogP contribution in [0.25, 0.3) is 0 Å². The van der Waals surface area contributed by atoms with E-state index in [1.54, 1.807) is 0 Å². The van der Waals surface area contributed by atoms with Crippen LogP contribution in [-0.2, 0) is 19.3 Å². The maximum absolute atomic E-state index is 12.9. The zero-order valence-electron chi connectivity index (χ0n) is 17.0. The lowest BCUT2D eigenvalue weighted by Crippen LogP contribution is -2.35. The second kappa shape index (κ2) is 13.6. The monoisotopic (exact) mass is 436 g/mol. The average molecular weight is 437 g/mol. The number of aliphatic hydroxyl groups excluding tert-OH is 2. The highest BCUT2D eigenvalue weighted by molar-refractivity contribution is 7.91. The number of nitrogens with zero attached hydrogens (tertiary/aromatic N) is 1. The lowest BCUT2D eigenvalue weighted by atomic mass is 10.3. The number of nitrogens with two attached hydrogens (primary N) is 1. The maximum Gasteiger partial charge on any atom is 0.183 e. The molecule has 0 unspecified atom stereocenters. The van der Waals surface area contributed by atoms with Crippen LogP contribution in [-0.4, -0.2) is 103 Å². The van der Waals surface area contributed by atoms with Gasteiger partial charge in [-0.25, -0.2) is 8.42 Å².